The van der Waals surface area contributed by atoms with E-state index in [-0.39, 0.29) is 0 Å². The first-order valence-electron chi connectivity index (χ1n) is 6.96. The Morgan fingerprint density at radius 1 is 0.667 bits per heavy atom. The largest absolute Gasteiger partial charge is 0.392 e. The van der Waals surface area contributed by atoms with Gasteiger partial charge in [-0.2, -0.15) is 0 Å². The van der Waals surface area contributed by atoms with E-state index in [0.717, 1.165) is 9.79 Å². The topological polar surface area (TPSA) is 40.5 Å². The molecule has 21 heavy (non-hydrogen) atoms. The van der Waals surface area contributed by atoms with Gasteiger partial charge in [0.2, 0.25) is 0 Å². The van der Waals surface area contributed by atoms with Crippen LogP contribution in [0.2, 0.25) is 0 Å². The highest BCUT2D eigenvalue weighted by Crippen LogP contribution is 2.22. The number of thioether (sulfide) groups is 2. The van der Waals surface area contributed by atoms with Crippen LogP contribution in [0.25, 0.3) is 0 Å². The van der Waals surface area contributed by atoms with Crippen molar-refractivity contribution in [2.75, 3.05) is 11.5 Å². The first-order chi connectivity index (χ1) is 10.2. The molecule has 112 valence electrons. The molecule has 0 heterocycles. The molecule has 0 aliphatic heterocycles. The Balaban J connectivity index is 1.66. The zero-order valence-corrected chi connectivity index (χ0v) is 13.4. The molecule has 2 unspecified atom stereocenters. The summed E-state index contributed by atoms with van der Waals surface area (Å²) in [5, 5.41) is 20.0. The molecule has 2 atom stereocenters. The quantitative estimate of drug-likeness (QED) is 0.728. The van der Waals surface area contributed by atoms with E-state index in [1.807, 2.05) is 60.7 Å². The molecule has 0 aliphatic rings. The molecular weight excluding hydrogens is 300 g/mol. The molecule has 0 amide bonds. The highest BCUT2D eigenvalue weighted by molar-refractivity contribution is 7.99. The van der Waals surface area contributed by atoms with Crippen LogP contribution in [-0.4, -0.2) is 33.9 Å². The number of benzene rings is 2. The zero-order chi connectivity index (χ0) is 14.9. The Kier molecular flexibility index (Phi) is 7.16. The second kappa shape index (κ2) is 9.15. The lowest BCUT2D eigenvalue weighted by atomic mass is 10.2. The van der Waals surface area contributed by atoms with Gasteiger partial charge in [-0.1, -0.05) is 36.4 Å². The first kappa shape index (κ1) is 16.4. The van der Waals surface area contributed by atoms with E-state index >= 15 is 0 Å². The van der Waals surface area contributed by atoms with Crippen molar-refractivity contribution >= 4 is 23.5 Å². The van der Waals surface area contributed by atoms with Crippen molar-refractivity contribution in [3.63, 3.8) is 0 Å². The van der Waals surface area contributed by atoms with E-state index in [2.05, 4.69) is 0 Å². The monoisotopic (exact) mass is 320 g/mol. The van der Waals surface area contributed by atoms with Crippen molar-refractivity contribution < 1.29 is 10.2 Å². The van der Waals surface area contributed by atoms with Crippen LogP contribution in [0.1, 0.15) is 6.42 Å². The summed E-state index contributed by atoms with van der Waals surface area (Å²) in [5.74, 6) is 1.22. The molecule has 2 nitrogen and oxygen atoms in total. The average molecular weight is 320 g/mol. The van der Waals surface area contributed by atoms with Crippen LogP contribution in [0.5, 0.6) is 0 Å². The Labute approximate surface area is 134 Å². The van der Waals surface area contributed by atoms with Crippen molar-refractivity contribution in [2.24, 2.45) is 0 Å². The molecule has 0 bridgehead atoms. The van der Waals surface area contributed by atoms with Crippen molar-refractivity contribution in [1.29, 1.82) is 0 Å². The molecule has 2 aromatic rings. The fraction of sp³-hybridized carbons (Fsp3) is 0.294. The van der Waals surface area contributed by atoms with Crippen molar-refractivity contribution in [1.82, 2.24) is 0 Å². The third-order valence-corrected chi connectivity index (χ3v) is 5.23. The lowest BCUT2D eigenvalue weighted by Crippen LogP contribution is -2.21. The van der Waals surface area contributed by atoms with Crippen LogP contribution in [0.15, 0.2) is 70.5 Å². The first-order valence-corrected chi connectivity index (χ1v) is 8.93. The highest BCUT2D eigenvalue weighted by atomic mass is 32.2. The fourth-order valence-corrected chi connectivity index (χ4v) is 3.61. The minimum Gasteiger partial charge on any atom is -0.392 e. The summed E-state index contributed by atoms with van der Waals surface area (Å²) in [4.78, 5) is 2.29. The van der Waals surface area contributed by atoms with Gasteiger partial charge in [-0.3, -0.25) is 0 Å². The summed E-state index contributed by atoms with van der Waals surface area (Å²) in [6, 6.07) is 20.0. The van der Waals surface area contributed by atoms with E-state index in [1.165, 1.54) is 0 Å². The van der Waals surface area contributed by atoms with Crippen molar-refractivity contribution in [3.8, 4) is 0 Å². The molecule has 4 heteroatoms. The van der Waals surface area contributed by atoms with E-state index in [4.69, 9.17) is 0 Å². The molecule has 0 fully saturated rings. The standard InChI is InChI=1S/C17H20O2S2/c18-14(12-20-16-7-3-1-4-8-16)11-15(19)13-21-17-9-5-2-6-10-17/h1-10,14-15,18-19H,11-13H2. The summed E-state index contributed by atoms with van der Waals surface area (Å²) >= 11 is 3.23. The maximum atomic E-state index is 9.99. The van der Waals surface area contributed by atoms with Crippen LogP contribution in [-0.2, 0) is 0 Å². The highest BCUT2D eigenvalue weighted by Gasteiger charge is 2.12. The minimum atomic E-state index is -0.485. The Bertz CT molecular complexity index is 457. The molecule has 0 aliphatic carbocycles. The normalized spacial score (nSPS) is 13.8. The van der Waals surface area contributed by atoms with Crippen LogP contribution in [0, 0.1) is 0 Å². The Hall–Kier alpha value is -0.940. The van der Waals surface area contributed by atoms with Gasteiger partial charge in [-0.05, 0) is 24.3 Å². The van der Waals surface area contributed by atoms with E-state index < -0.39 is 12.2 Å². The second-order valence-electron chi connectivity index (χ2n) is 4.79. The second-order valence-corrected chi connectivity index (χ2v) is 6.98. The van der Waals surface area contributed by atoms with Gasteiger partial charge in [-0.15, -0.1) is 23.5 Å². The molecular formula is C17H20O2S2. The van der Waals surface area contributed by atoms with Crippen LogP contribution < -0.4 is 0 Å². The predicted octanol–water partition coefficient (Wildman–Crippen LogP) is 3.68. The molecule has 2 aromatic carbocycles. The van der Waals surface area contributed by atoms with Crippen molar-refractivity contribution in [2.45, 2.75) is 28.4 Å². The van der Waals surface area contributed by atoms with E-state index in [9.17, 15) is 10.2 Å². The third kappa shape index (κ3) is 6.57. The summed E-state index contributed by atoms with van der Waals surface area (Å²) in [6.45, 7) is 0. The van der Waals surface area contributed by atoms with E-state index in [1.54, 1.807) is 23.5 Å². The third-order valence-electron chi connectivity index (χ3n) is 2.92. The molecule has 2 rings (SSSR count). The summed E-state index contributed by atoms with van der Waals surface area (Å²) in [7, 11) is 0. The smallest absolute Gasteiger partial charge is 0.0659 e. The lowest BCUT2D eigenvalue weighted by molar-refractivity contribution is 0.107. The molecule has 0 saturated heterocycles. The number of hydrogen-bond donors (Lipinski definition) is 2. The van der Waals surface area contributed by atoms with Gasteiger partial charge in [-0.25, -0.2) is 0 Å². The lowest BCUT2D eigenvalue weighted by Gasteiger charge is -2.15. The Morgan fingerprint density at radius 2 is 1.05 bits per heavy atom. The van der Waals surface area contributed by atoms with Gasteiger partial charge in [0, 0.05) is 27.7 Å². The van der Waals surface area contributed by atoms with Gasteiger partial charge in [0.05, 0.1) is 12.2 Å². The summed E-state index contributed by atoms with van der Waals surface area (Å²) < 4.78 is 0. The number of aliphatic hydroxyl groups excluding tert-OH is 2. The van der Waals surface area contributed by atoms with Gasteiger partial charge >= 0.3 is 0 Å². The SMILES string of the molecule is OC(CSc1ccccc1)CC(O)CSc1ccccc1. The number of hydrogen-bond acceptors (Lipinski definition) is 4. The number of rotatable bonds is 8. The minimum absolute atomic E-state index is 0.416. The summed E-state index contributed by atoms with van der Waals surface area (Å²) in [5.41, 5.74) is 0. The molecule has 0 spiro atoms. The molecule has 0 aromatic heterocycles. The van der Waals surface area contributed by atoms with Gasteiger partial charge in [0.15, 0.2) is 0 Å². The van der Waals surface area contributed by atoms with Crippen LogP contribution >= 0.6 is 23.5 Å². The summed E-state index contributed by atoms with van der Waals surface area (Å²) in [6.07, 6.45) is -0.553. The van der Waals surface area contributed by atoms with Gasteiger partial charge < -0.3 is 10.2 Å². The van der Waals surface area contributed by atoms with Crippen LogP contribution in [0.3, 0.4) is 0 Å². The maximum Gasteiger partial charge on any atom is 0.0659 e. The van der Waals surface area contributed by atoms with Crippen molar-refractivity contribution in [3.05, 3.63) is 60.7 Å². The van der Waals surface area contributed by atoms with Crippen LogP contribution in [0.4, 0.5) is 0 Å². The fourth-order valence-electron chi connectivity index (χ4n) is 1.87. The van der Waals surface area contributed by atoms with E-state index in [0.29, 0.717) is 17.9 Å². The van der Waals surface area contributed by atoms with Gasteiger partial charge in [0.1, 0.15) is 0 Å². The number of aliphatic hydroxyl groups is 2. The van der Waals surface area contributed by atoms with Gasteiger partial charge in [0.25, 0.3) is 0 Å². The maximum absolute atomic E-state index is 9.99. The molecule has 2 N–H and O–H groups in total. The molecule has 0 saturated carbocycles. The average Bonchev–Trinajstić information content (AvgIpc) is 2.53. The zero-order valence-electron chi connectivity index (χ0n) is 11.8. The predicted molar refractivity (Wildman–Crippen MR) is 91.0 cm³/mol. The molecule has 0 radical (unpaired) electrons. The Morgan fingerprint density at radius 3 is 1.43 bits per heavy atom.